The highest BCUT2D eigenvalue weighted by atomic mass is 16.4. The number of primary amides is 1. The molecule has 106 valence electrons. The number of aliphatic carboxylic acids is 2. The SMILES string of the molecule is CCCCC(N)C(=O)O.NC(=O)CC(N)C(=O)O. The molecule has 1 amide bonds. The Morgan fingerprint density at radius 3 is 1.72 bits per heavy atom. The Kier molecular flexibility index (Phi) is 10.9. The molecule has 0 bridgehead atoms. The van der Waals surface area contributed by atoms with E-state index in [9.17, 15) is 14.4 Å². The van der Waals surface area contributed by atoms with Gasteiger partial charge in [0.15, 0.2) is 0 Å². The molecule has 0 spiro atoms. The molecule has 0 aliphatic carbocycles. The number of carboxylic acid groups (broad SMARTS) is 2. The van der Waals surface area contributed by atoms with Crippen LogP contribution in [0.4, 0.5) is 0 Å². The van der Waals surface area contributed by atoms with Gasteiger partial charge >= 0.3 is 11.9 Å². The first-order chi connectivity index (χ1) is 8.22. The maximum Gasteiger partial charge on any atom is 0.321 e. The van der Waals surface area contributed by atoms with Crippen molar-refractivity contribution in [2.75, 3.05) is 0 Å². The zero-order valence-electron chi connectivity index (χ0n) is 10.3. The minimum atomic E-state index is -1.21. The van der Waals surface area contributed by atoms with Crippen LogP contribution in [0.25, 0.3) is 0 Å². The topological polar surface area (TPSA) is 170 Å². The van der Waals surface area contributed by atoms with Gasteiger partial charge in [-0.15, -0.1) is 0 Å². The van der Waals surface area contributed by atoms with Gasteiger partial charge in [0, 0.05) is 0 Å². The lowest BCUT2D eigenvalue weighted by Gasteiger charge is -2.02. The van der Waals surface area contributed by atoms with Crippen LogP contribution in [0.3, 0.4) is 0 Å². The molecule has 8 nitrogen and oxygen atoms in total. The Hall–Kier alpha value is -1.67. The molecule has 0 saturated heterocycles. The Labute approximate surface area is 105 Å². The second-order valence-corrected chi connectivity index (χ2v) is 3.70. The Bertz CT molecular complexity index is 283. The van der Waals surface area contributed by atoms with E-state index in [1.165, 1.54) is 0 Å². The van der Waals surface area contributed by atoms with Crippen LogP contribution in [-0.2, 0) is 14.4 Å². The van der Waals surface area contributed by atoms with Crippen molar-refractivity contribution in [2.45, 2.75) is 44.7 Å². The van der Waals surface area contributed by atoms with Gasteiger partial charge in [-0.3, -0.25) is 14.4 Å². The van der Waals surface area contributed by atoms with Crippen molar-refractivity contribution in [1.29, 1.82) is 0 Å². The third-order valence-electron chi connectivity index (χ3n) is 1.92. The standard InChI is InChI=1S/C6H13NO2.C4H8N2O3/c1-2-3-4-5(7)6(8)9;5-2(4(8)9)1-3(6)7/h5H,2-4,7H2,1H3,(H,8,9);2H,1,5H2,(H2,6,7)(H,8,9). The number of nitrogens with two attached hydrogens (primary N) is 3. The summed E-state index contributed by atoms with van der Waals surface area (Å²) in [5.41, 5.74) is 14.8. The van der Waals surface area contributed by atoms with Crippen molar-refractivity contribution in [3.05, 3.63) is 0 Å². The molecule has 0 heterocycles. The molecule has 0 aliphatic heterocycles. The summed E-state index contributed by atoms with van der Waals surface area (Å²) in [7, 11) is 0. The summed E-state index contributed by atoms with van der Waals surface area (Å²) in [6.07, 6.45) is 2.18. The quantitative estimate of drug-likeness (QED) is 0.386. The number of amides is 1. The number of rotatable bonds is 7. The summed E-state index contributed by atoms with van der Waals surface area (Å²) in [5.74, 6) is -2.82. The molecule has 8 heteroatoms. The number of carboxylic acids is 2. The summed E-state index contributed by atoms with van der Waals surface area (Å²) >= 11 is 0. The van der Waals surface area contributed by atoms with Crippen LogP contribution in [0.5, 0.6) is 0 Å². The van der Waals surface area contributed by atoms with E-state index in [1.807, 2.05) is 6.92 Å². The lowest BCUT2D eigenvalue weighted by atomic mass is 10.1. The second-order valence-electron chi connectivity index (χ2n) is 3.70. The van der Waals surface area contributed by atoms with Crippen molar-refractivity contribution < 1.29 is 24.6 Å². The van der Waals surface area contributed by atoms with Gasteiger partial charge in [-0.25, -0.2) is 0 Å². The van der Waals surface area contributed by atoms with E-state index in [4.69, 9.17) is 21.7 Å². The van der Waals surface area contributed by atoms with Gasteiger partial charge < -0.3 is 27.4 Å². The summed E-state index contributed by atoms with van der Waals surface area (Å²) < 4.78 is 0. The number of hydrogen-bond acceptors (Lipinski definition) is 5. The van der Waals surface area contributed by atoms with Gasteiger partial charge in [-0.1, -0.05) is 19.8 Å². The van der Waals surface area contributed by atoms with Crippen LogP contribution in [0.1, 0.15) is 32.6 Å². The molecule has 18 heavy (non-hydrogen) atoms. The molecule has 0 radical (unpaired) electrons. The van der Waals surface area contributed by atoms with Gasteiger partial charge in [0.2, 0.25) is 5.91 Å². The number of hydrogen-bond donors (Lipinski definition) is 5. The first-order valence-corrected chi connectivity index (χ1v) is 5.47. The van der Waals surface area contributed by atoms with Crippen LogP contribution in [-0.4, -0.2) is 40.1 Å². The Morgan fingerprint density at radius 1 is 1.06 bits per heavy atom. The average Bonchev–Trinajstić information content (AvgIpc) is 2.25. The normalized spacial score (nSPS) is 12.8. The van der Waals surface area contributed by atoms with Crippen LogP contribution in [0.2, 0.25) is 0 Å². The van der Waals surface area contributed by atoms with Crippen molar-refractivity contribution in [2.24, 2.45) is 17.2 Å². The monoisotopic (exact) mass is 263 g/mol. The van der Waals surface area contributed by atoms with Gasteiger partial charge in [-0.2, -0.15) is 0 Å². The van der Waals surface area contributed by atoms with Crippen LogP contribution < -0.4 is 17.2 Å². The lowest BCUT2D eigenvalue weighted by Crippen LogP contribution is -2.34. The first kappa shape index (κ1) is 18.7. The number of unbranched alkanes of at least 4 members (excludes halogenated alkanes) is 1. The molecule has 0 saturated carbocycles. The molecule has 0 aromatic heterocycles. The summed E-state index contributed by atoms with van der Waals surface area (Å²) in [5, 5.41) is 16.4. The highest BCUT2D eigenvalue weighted by Crippen LogP contribution is 1.96. The Morgan fingerprint density at radius 2 is 1.50 bits per heavy atom. The largest absolute Gasteiger partial charge is 0.480 e. The molecule has 0 fully saturated rings. The molecule has 2 atom stereocenters. The molecule has 2 unspecified atom stereocenters. The molecular weight excluding hydrogens is 242 g/mol. The van der Waals surface area contributed by atoms with Gasteiger partial charge in [0.1, 0.15) is 12.1 Å². The van der Waals surface area contributed by atoms with E-state index in [-0.39, 0.29) is 6.42 Å². The lowest BCUT2D eigenvalue weighted by molar-refractivity contribution is -0.140. The van der Waals surface area contributed by atoms with Crippen LogP contribution >= 0.6 is 0 Å². The summed E-state index contributed by atoms with van der Waals surface area (Å²) in [6.45, 7) is 2.01. The van der Waals surface area contributed by atoms with E-state index < -0.39 is 29.9 Å². The maximum absolute atomic E-state index is 10.1. The highest BCUT2D eigenvalue weighted by molar-refractivity contribution is 5.83. The fraction of sp³-hybridized carbons (Fsp3) is 0.700. The van der Waals surface area contributed by atoms with E-state index in [0.29, 0.717) is 6.42 Å². The molecular formula is C10H21N3O5. The average molecular weight is 263 g/mol. The third kappa shape index (κ3) is 12.4. The number of carbonyl (C=O) groups excluding carboxylic acids is 1. The second kappa shape index (κ2) is 10.5. The predicted molar refractivity (Wildman–Crippen MR) is 64.6 cm³/mol. The molecule has 0 rings (SSSR count). The van der Waals surface area contributed by atoms with Gasteiger partial charge in [0.25, 0.3) is 0 Å². The van der Waals surface area contributed by atoms with Crippen LogP contribution in [0.15, 0.2) is 0 Å². The third-order valence-corrected chi connectivity index (χ3v) is 1.92. The fourth-order valence-corrected chi connectivity index (χ4v) is 0.852. The fourth-order valence-electron chi connectivity index (χ4n) is 0.852. The smallest absolute Gasteiger partial charge is 0.321 e. The minimum Gasteiger partial charge on any atom is -0.480 e. The summed E-state index contributed by atoms with van der Waals surface area (Å²) in [4.78, 5) is 30.0. The van der Waals surface area contributed by atoms with Crippen LogP contribution in [0, 0.1) is 0 Å². The highest BCUT2D eigenvalue weighted by Gasteiger charge is 2.13. The molecule has 0 aromatic carbocycles. The number of carbonyl (C=O) groups is 3. The molecule has 0 aliphatic rings. The summed E-state index contributed by atoms with van der Waals surface area (Å²) in [6, 6.07) is -1.83. The zero-order chi connectivity index (χ0) is 14.7. The minimum absolute atomic E-state index is 0.310. The van der Waals surface area contributed by atoms with Crippen molar-refractivity contribution >= 4 is 17.8 Å². The predicted octanol–water partition coefficient (Wildman–Crippen LogP) is -1.14. The Balaban J connectivity index is 0. The van der Waals surface area contributed by atoms with Crippen molar-refractivity contribution in [3.63, 3.8) is 0 Å². The van der Waals surface area contributed by atoms with E-state index >= 15 is 0 Å². The van der Waals surface area contributed by atoms with Gasteiger partial charge in [0.05, 0.1) is 6.42 Å². The van der Waals surface area contributed by atoms with E-state index in [2.05, 4.69) is 5.73 Å². The van der Waals surface area contributed by atoms with Crippen molar-refractivity contribution in [1.82, 2.24) is 0 Å². The van der Waals surface area contributed by atoms with Gasteiger partial charge in [-0.05, 0) is 6.42 Å². The zero-order valence-corrected chi connectivity index (χ0v) is 10.3. The maximum atomic E-state index is 10.1. The van der Waals surface area contributed by atoms with E-state index in [1.54, 1.807) is 0 Å². The first-order valence-electron chi connectivity index (χ1n) is 5.47. The van der Waals surface area contributed by atoms with E-state index in [0.717, 1.165) is 12.8 Å². The molecule has 8 N–H and O–H groups in total. The van der Waals surface area contributed by atoms with Crippen molar-refractivity contribution in [3.8, 4) is 0 Å². The molecule has 0 aromatic rings.